The second-order valence-electron chi connectivity index (χ2n) is 7.00. The van der Waals surface area contributed by atoms with E-state index in [1.807, 2.05) is 20.8 Å². The molecule has 8 heteroatoms. The third-order valence-electron chi connectivity index (χ3n) is 3.11. The molecule has 0 aliphatic heterocycles. The Morgan fingerprint density at radius 2 is 1.59 bits per heavy atom. The van der Waals surface area contributed by atoms with Crippen LogP contribution in [0.2, 0.25) is 0 Å². The molecule has 0 radical (unpaired) electrons. The minimum absolute atomic E-state index is 0.0335. The van der Waals surface area contributed by atoms with Crippen LogP contribution in [0.5, 0.6) is 5.75 Å². The average molecular weight is 391 g/mol. The highest BCUT2D eigenvalue weighted by molar-refractivity contribution is 5.96. The van der Waals surface area contributed by atoms with Crippen LogP contribution in [0.25, 0.3) is 0 Å². The van der Waals surface area contributed by atoms with Gasteiger partial charge in [-0.15, -0.1) is 0 Å². The highest BCUT2D eigenvalue weighted by atomic mass is 19.4. The fraction of sp³-hybridized carbons (Fsp3) is 0.474. The van der Waals surface area contributed by atoms with Crippen molar-refractivity contribution >= 4 is 11.6 Å². The van der Waals surface area contributed by atoms with Gasteiger partial charge in [0, 0.05) is 31.0 Å². The summed E-state index contributed by atoms with van der Waals surface area (Å²) in [5.41, 5.74) is 6.35. The van der Waals surface area contributed by atoms with Gasteiger partial charge in [-0.2, -0.15) is 13.2 Å². The summed E-state index contributed by atoms with van der Waals surface area (Å²) in [7, 11) is 0. The maximum absolute atomic E-state index is 12.3. The highest BCUT2D eigenvalue weighted by Crippen LogP contribution is 2.22. The molecule has 0 aliphatic carbocycles. The summed E-state index contributed by atoms with van der Waals surface area (Å²) < 4.78 is 50.2. The van der Waals surface area contributed by atoms with E-state index in [9.17, 15) is 27.2 Å². The fourth-order valence-corrected chi connectivity index (χ4v) is 1.63. The molecule has 152 valence electrons. The quantitative estimate of drug-likeness (QED) is 0.567. The molecule has 2 N–H and O–H groups in total. The molecule has 0 atom stereocenters. The standard InChI is InChI=1S/C16H22FNO2.C3H3F3O/c1-16(2,3)8-15(19)13-4-6-14(7-5-13)20-11-12(9-17)10-18;1-2(7)3(4,5)6/h4-7,9H,8,10-11,18H2,1-3H3;1H3/b12-9+;. The predicted molar refractivity (Wildman–Crippen MR) is 95.3 cm³/mol. The number of halogens is 4. The smallest absolute Gasteiger partial charge is 0.449 e. The number of hydrogen-bond acceptors (Lipinski definition) is 4. The third kappa shape index (κ3) is 11.2. The first-order valence-electron chi connectivity index (χ1n) is 8.12. The number of ether oxygens (including phenoxy) is 1. The Morgan fingerprint density at radius 1 is 1.11 bits per heavy atom. The molecule has 0 aliphatic rings. The van der Waals surface area contributed by atoms with Crippen LogP contribution in [-0.4, -0.2) is 30.9 Å². The van der Waals surface area contributed by atoms with E-state index in [4.69, 9.17) is 10.5 Å². The van der Waals surface area contributed by atoms with Crippen molar-refractivity contribution in [1.82, 2.24) is 0 Å². The number of alkyl halides is 3. The molecule has 0 saturated carbocycles. The number of rotatable bonds is 6. The van der Waals surface area contributed by atoms with E-state index in [0.29, 0.717) is 36.6 Å². The van der Waals surface area contributed by atoms with Crippen molar-refractivity contribution in [3.8, 4) is 5.75 Å². The molecule has 0 saturated heterocycles. The summed E-state index contributed by atoms with van der Waals surface area (Å²) in [6.07, 6.45) is -3.68. The van der Waals surface area contributed by atoms with Crippen LogP contribution < -0.4 is 10.5 Å². The molecule has 0 aromatic heterocycles. The Bertz CT molecular complexity index is 644. The third-order valence-corrected chi connectivity index (χ3v) is 3.11. The number of carbonyl (C=O) groups is 2. The zero-order valence-electron chi connectivity index (χ0n) is 15.8. The normalized spacial score (nSPS) is 12.1. The molecule has 0 spiro atoms. The Morgan fingerprint density at radius 3 is 1.93 bits per heavy atom. The van der Waals surface area contributed by atoms with Gasteiger partial charge in [0.05, 0.1) is 6.33 Å². The lowest BCUT2D eigenvalue weighted by molar-refractivity contribution is -0.168. The Kier molecular flexibility index (Phi) is 9.93. The number of benzene rings is 1. The summed E-state index contributed by atoms with van der Waals surface area (Å²) in [6.45, 7) is 6.81. The lowest BCUT2D eigenvalue weighted by atomic mass is 9.88. The van der Waals surface area contributed by atoms with Crippen molar-refractivity contribution in [2.75, 3.05) is 13.2 Å². The van der Waals surface area contributed by atoms with Gasteiger partial charge in [0.1, 0.15) is 12.4 Å². The van der Waals surface area contributed by atoms with E-state index in [2.05, 4.69) is 0 Å². The fourth-order valence-electron chi connectivity index (χ4n) is 1.63. The first-order valence-corrected chi connectivity index (χ1v) is 8.12. The van der Waals surface area contributed by atoms with Crippen molar-refractivity contribution < 1.29 is 31.9 Å². The van der Waals surface area contributed by atoms with Crippen LogP contribution in [0, 0.1) is 5.41 Å². The van der Waals surface area contributed by atoms with E-state index < -0.39 is 12.0 Å². The number of hydrogen-bond donors (Lipinski definition) is 1. The van der Waals surface area contributed by atoms with Gasteiger partial charge in [0.2, 0.25) is 5.78 Å². The van der Waals surface area contributed by atoms with Crippen molar-refractivity contribution in [3.05, 3.63) is 41.7 Å². The van der Waals surface area contributed by atoms with Gasteiger partial charge in [0.25, 0.3) is 0 Å². The van der Waals surface area contributed by atoms with E-state index >= 15 is 0 Å². The van der Waals surface area contributed by atoms with Crippen LogP contribution >= 0.6 is 0 Å². The summed E-state index contributed by atoms with van der Waals surface area (Å²) >= 11 is 0. The topological polar surface area (TPSA) is 69.4 Å². The van der Waals surface area contributed by atoms with Gasteiger partial charge >= 0.3 is 6.18 Å². The number of Topliss-reactive ketones (excluding diaryl/α,β-unsaturated/α-hetero) is 2. The molecule has 1 rings (SSSR count). The second-order valence-corrected chi connectivity index (χ2v) is 7.00. The number of carbonyl (C=O) groups excluding carboxylic acids is 2. The lowest BCUT2D eigenvalue weighted by Crippen LogP contribution is -2.18. The van der Waals surface area contributed by atoms with E-state index in [1.165, 1.54) is 0 Å². The first-order chi connectivity index (χ1) is 12.3. The van der Waals surface area contributed by atoms with Crippen LogP contribution in [-0.2, 0) is 4.79 Å². The minimum atomic E-state index is -4.64. The highest BCUT2D eigenvalue weighted by Gasteiger charge is 2.33. The molecule has 0 unspecified atom stereocenters. The molecule has 0 bridgehead atoms. The van der Waals surface area contributed by atoms with Gasteiger partial charge < -0.3 is 10.5 Å². The molecule has 1 aromatic carbocycles. The maximum Gasteiger partial charge on any atom is 0.449 e. The van der Waals surface area contributed by atoms with Crippen LogP contribution in [0.4, 0.5) is 17.6 Å². The largest absolute Gasteiger partial charge is 0.489 e. The minimum Gasteiger partial charge on any atom is -0.489 e. The second kappa shape index (κ2) is 10.8. The van der Waals surface area contributed by atoms with Crippen LogP contribution in [0.15, 0.2) is 36.2 Å². The maximum atomic E-state index is 12.3. The summed E-state index contributed by atoms with van der Waals surface area (Å²) in [6, 6.07) is 6.87. The molecule has 27 heavy (non-hydrogen) atoms. The number of nitrogens with two attached hydrogens (primary N) is 1. The zero-order chi connectivity index (χ0) is 21.3. The molecular formula is C19H25F4NO3. The van der Waals surface area contributed by atoms with Crippen LogP contribution in [0.3, 0.4) is 0 Å². The average Bonchev–Trinajstić information content (AvgIpc) is 2.54. The van der Waals surface area contributed by atoms with Gasteiger partial charge in [0.15, 0.2) is 5.78 Å². The molecular weight excluding hydrogens is 366 g/mol. The molecule has 1 aromatic rings. The zero-order valence-corrected chi connectivity index (χ0v) is 15.8. The SMILES string of the molecule is CC(=O)C(F)(F)F.CC(C)(C)CC(=O)c1ccc(OC/C(=C/F)CN)cc1. The molecule has 4 nitrogen and oxygen atoms in total. The Labute approximate surface area is 156 Å². The first kappa shape index (κ1) is 24.8. The summed E-state index contributed by atoms with van der Waals surface area (Å²) in [5, 5.41) is 0. The van der Waals surface area contributed by atoms with Crippen molar-refractivity contribution in [2.24, 2.45) is 11.1 Å². The monoisotopic (exact) mass is 391 g/mol. The van der Waals surface area contributed by atoms with E-state index in [1.54, 1.807) is 24.3 Å². The van der Waals surface area contributed by atoms with Gasteiger partial charge in [-0.25, -0.2) is 4.39 Å². The van der Waals surface area contributed by atoms with Gasteiger partial charge in [-0.05, 0) is 29.7 Å². The van der Waals surface area contributed by atoms with Crippen molar-refractivity contribution in [2.45, 2.75) is 40.3 Å². The van der Waals surface area contributed by atoms with Gasteiger partial charge in [-0.1, -0.05) is 20.8 Å². The van der Waals surface area contributed by atoms with Crippen LogP contribution in [0.1, 0.15) is 44.5 Å². The summed E-state index contributed by atoms with van der Waals surface area (Å²) in [4.78, 5) is 21.4. The van der Waals surface area contributed by atoms with E-state index in [0.717, 1.165) is 0 Å². The predicted octanol–water partition coefficient (Wildman–Crippen LogP) is 4.63. The van der Waals surface area contributed by atoms with Crippen molar-refractivity contribution in [1.29, 1.82) is 0 Å². The van der Waals surface area contributed by atoms with E-state index in [-0.39, 0.29) is 24.3 Å². The Hall–Kier alpha value is -2.22. The summed E-state index contributed by atoms with van der Waals surface area (Å²) in [5.74, 6) is -1.06. The van der Waals surface area contributed by atoms with Crippen molar-refractivity contribution in [3.63, 3.8) is 0 Å². The molecule has 0 heterocycles. The lowest BCUT2D eigenvalue weighted by Gasteiger charge is -2.16. The molecule has 0 amide bonds. The Balaban J connectivity index is 0.000000821. The number of ketones is 2. The van der Waals surface area contributed by atoms with Gasteiger partial charge in [-0.3, -0.25) is 9.59 Å². The molecule has 0 fully saturated rings.